The van der Waals surface area contributed by atoms with Crippen LogP contribution in [0.3, 0.4) is 0 Å². The summed E-state index contributed by atoms with van der Waals surface area (Å²) in [5, 5.41) is 2.51. The van der Waals surface area contributed by atoms with Crippen molar-refractivity contribution in [2.75, 3.05) is 0 Å². The molecule has 2 aromatic heterocycles. The molecule has 0 bridgehead atoms. The lowest BCUT2D eigenvalue weighted by atomic mass is 9.81. The van der Waals surface area contributed by atoms with E-state index in [9.17, 15) is 0 Å². The van der Waals surface area contributed by atoms with Crippen LogP contribution < -0.4 is 0 Å². The SMILES string of the molecule is CC1(C)c2cc(-c3ccc4c5ccccc5n(-c5ccccc5)c4c3)ccc2-c2c(-c3nc(-c4ccccc4)nc(-c4ccccc4)n3)cccc21. The third-order valence-corrected chi connectivity index (χ3v) is 10.7. The maximum absolute atomic E-state index is 5.12. The molecule has 2 heterocycles. The van der Waals surface area contributed by atoms with Gasteiger partial charge in [-0.25, -0.2) is 15.0 Å². The number of rotatable bonds is 5. The summed E-state index contributed by atoms with van der Waals surface area (Å²) in [5.41, 5.74) is 13.7. The molecular formula is C48H34N4. The average Bonchev–Trinajstić information content (AvgIpc) is 3.66. The number of hydrogen-bond acceptors (Lipinski definition) is 3. The Morgan fingerprint density at radius 2 is 0.981 bits per heavy atom. The molecule has 0 radical (unpaired) electrons. The Bertz CT molecular complexity index is 2740. The molecule has 9 aromatic rings. The number of hydrogen-bond donors (Lipinski definition) is 0. The van der Waals surface area contributed by atoms with Crippen LogP contribution in [0.25, 0.3) is 83.9 Å². The fraction of sp³-hybridized carbons (Fsp3) is 0.0625. The van der Waals surface area contributed by atoms with Gasteiger partial charge in [-0.3, -0.25) is 0 Å². The fourth-order valence-electron chi connectivity index (χ4n) is 8.09. The van der Waals surface area contributed by atoms with Gasteiger partial charge < -0.3 is 4.57 Å². The molecule has 52 heavy (non-hydrogen) atoms. The lowest BCUT2D eigenvalue weighted by molar-refractivity contribution is 0.660. The fourth-order valence-corrected chi connectivity index (χ4v) is 8.09. The quantitative estimate of drug-likeness (QED) is 0.184. The van der Waals surface area contributed by atoms with E-state index in [1.807, 2.05) is 36.4 Å². The van der Waals surface area contributed by atoms with E-state index in [0.717, 1.165) is 22.4 Å². The second kappa shape index (κ2) is 11.7. The third-order valence-electron chi connectivity index (χ3n) is 10.7. The minimum atomic E-state index is -0.225. The van der Waals surface area contributed by atoms with Crippen LogP contribution in [0.2, 0.25) is 0 Å². The molecule has 0 aliphatic heterocycles. The van der Waals surface area contributed by atoms with Gasteiger partial charge >= 0.3 is 0 Å². The zero-order chi connectivity index (χ0) is 34.8. The molecule has 0 saturated heterocycles. The van der Waals surface area contributed by atoms with Gasteiger partial charge in [0.05, 0.1) is 11.0 Å². The molecule has 1 aliphatic carbocycles. The van der Waals surface area contributed by atoms with Crippen LogP contribution in [0.4, 0.5) is 0 Å². The summed E-state index contributed by atoms with van der Waals surface area (Å²) in [6, 6.07) is 60.1. The summed E-state index contributed by atoms with van der Waals surface area (Å²) in [5.74, 6) is 2.01. The van der Waals surface area contributed by atoms with Gasteiger partial charge in [-0.1, -0.05) is 153 Å². The second-order valence-electron chi connectivity index (χ2n) is 14.1. The molecule has 0 spiro atoms. The molecule has 0 unspecified atom stereocenters. The van der Waals surface area contributed by atoms with Crippen molar-refractivity contribution in [1.82, 2.24) is 19.5 Å². The van der Waals surface area contributed by atoms with Gasteiger partial charge in [0.15, 0.2) is 17.5 Å². The Kier molecular flexibility index (Phi) is 6.80. The molecule has 4 heteroatoms. The zero-order valence-corrected chi connectivity index (χ0v) is 29.0. The Morgan fingerprint density at radius 3 is 1.69 bits per heavy atom. The highest BCUT2D eigenvalue weighted by atomic mass is 15.0. The minimum absolute atomic E-state index is 0.225. The van der Waals surface area contributed by atoms with Crippen molar-refractivity contribution in [2.24, 2.45) is 0 Å². The first-order valence-electron chi connectivity index (χ1n) is 17.8. The average molecular weight is 667 g/mol. The summed E-state index contributed by atoms with van der Waals surface area (Å²) in [6.45, 7) is 4.67. The van der Waals surface area contributed by atoms with Gasteiger partial charge in [-0.15, -0.1) is 0 Å². The standard InChI is InChI=1S/C48H34N4/c1-48(2)40-23-14-22-39(47-50-45(31-15-6-3-7-16-31)49-46(51-47)32-17-8-4-9-18-32)44(40)38-28-26-33(29-41(38)48)34-25-27-37-36-21-12-13-24-42(36)52(43(37)30-34)35-19-10-5-11-20-35/h3-30H,1-2H3. The summed E-state index contributed by atoms with van der Waals surface area (Å²) >= 11 is 0. The van der Waals surface area contributed by atoms with Crippen LogP contribution in [0.1, 0.15) is 25.0 Å². The smallest absolute Gasteiger partial charge is 0.164 e. The number of benzene rings is 7. The first-order chi connectivity index (χ1) is 25.5. The molecule has 0 amide bonds. The molecular weight excluding hydrogens is 633 g/mol. The van der Waals surface area contributed by atoms with Crippen LogP contribution in [0.15, 0.2) is 170 Å². The van der Waals surface area contributed by atoms with Crippen molar-refractivity contribution in [3.8, 4) is 62.1 Å². The lowest BCUT2D eigenvalue weighted by Gasteiger charge is -2.22. The third kappa shape index (κ3) is 4.72. The molecule has 246 valence electrons. The van der Waals surface area contributed by atoms with Gasteiger partial charge in [-0.2, -0.15) is 0 Å². The second-order valence-corrected chi connectivity index (χ2v) is 14.1. The van der Waals surface area contributed by atoms with Crippen LogP contribution in [0, 0.1) is 0 Å². The minimum Gasteiger partial charge on any atom is -0.309 e. The number of aromatic nitrogens is 4. The van der Waals surface area contributed by atoms with Crippen molar-refractivity contribution in [1.29, 1.82) is 0 Å². The molecule has 0 saturated carbocycles. The van der Waals surface area contributed by atoms with Crippen LogP contribution in [-0.2, 0) is 5.41 Å². The molecule has 0 fully saturated rings. The van der Waals surface area contributed by atoms with Crippen molar-refractivity contribution in [2.45, 2.75) is 19.3 Å². The van der Waals surface area contributed by atoms with Crippen molar-refractivity contribution in [3.63, 3.8) is 0 Å². The Balaban J connectivity index is 1.13. The molecule has 7 aromatic carbocycles. The maximum Gasteiger partial charge on any atom is 0.164 e. The Hall–Kier alpha value is -6.65. The predicted octanol–water partition coefficient (Wildman–Crippen LogP) is 11.9. The maximum atomic E-state index is 5.12. The highest BCUT2D eigenvalue weighted by molar-refractivity contribution is 6.10. The van der Waals surface area contributed by atoms with Gasteiger partial charge in [-0.05, 0) is 63.7 Å². The van der Waals surface area contributed by atoms with Gasteiger partial charge in [0.2, 0.25) is 0 Å². The van der Waals surface area contributed by atoms with Crippen LogP contribution >= 0.6 is 0 Å². The van der Waals surface area contributed by atoms with Crippen molar-refractivity contribution < 1.29 is 0 Å². The monoisotopic (exact) mass is 666 g/mol. The summed E-state index contributed by atoms with van der Waals surface area (Å²) < 4.78 is 2.38. The summed E-state index contributed by atoms with van der Waals surface area (Å²) in [7, 11) is 0. The van der Waals surface area contributed by atoms with E-state index < -0.39 is 0 Å². The van der Waals surface area contributed by atoms with E-state index >= 15 is 0 Å². The number of para-hydroxylation sites is 2. The van der Waals surface area contributed by atoms with E-state index in [4.69, 9.17) is 15.0 Å². The summed E-state index contributed by atoms with van der Waals surface area (Å²) in [6.07, 6.45) is 0. The lowest BCUT2D eigenvalue weighted by Crippen LogP contribution is -2.15. The highest BCUT2D eigenvalue weighted by Gasteiger charge is 2.37. The Labute approximate surface area is 302 Å². The Morgan fingerprint density at radius 1 is 0.404 bits per heavy atom. The van der Waals surface area contributed by atoms with E-state index in [2.05, 4.69) is 152 Å². The highest BCUT2D eigenvalue weighted by Crippen LogP contribution is 2.53. The van der Waals surface area contributed by atoms with Crippen molar-refractivity contribution >= 4 is 21.8 Å². The van der Waals surface area contributed by atoms with Crippen LogP contribution in [-0.4, -0.2) is 19.5 Å². The van der Waals surface area contributed by atoms with Gasteiger partial charge in [0, 0.05) is 38.6 Å². The molecule has 1 aliphatic rings. The summed E-state index contributed by atoms with van der Waals surface area (Å²) in [4.78, 5) is 15.2. The van der Waals surface area contributed by atoms with E-state index in [1.165, 1.54) is 55.2 Å². The molecule has 4 nitrogen and oxygen atoms in total. The molecule has 10 rings (SSSR count). The van der Waals surface area contributed by atoms with Crippen LogP contribution in [0.5, 0.6) is 0 Å². The zero-order valence-electron chi connectivity index (χ0n) is 29.0. The topological polar surface area (TPSA) is 43.6 Å². The van der Waals surface area contributed by atoms with Gasteiger partial charge in [0.1, 0.15) is 0 Å². The largest absolute Gasteiger partial charge is 0.309 e. The van der Waals surface area contributed by atoms with E-state index in [-0.39, 0.29) is 5.41 Å². The predicted molar refractivity (Wildman–Crippen MR) is 213 cm³/mol. The number of nitrogens with zero attached hydrogens (tertiary/aromatic N) is 4. The normalized spacial score (nSPS) is 13.0. The van der Waals surface area contributed by atoms with E-state index in [0.29, 0.717) is 17.5 Å². The first kappa shape index (κ1) is 30.2. The molecule has 0 N–H and O–H groups in total. The first-order valence-corrected chi connectivity index (χ1v) is 17.8. The van der Waals surface area contributed by atoms with E-state index in [1.54, 1.807) is 0 Å². The molecule has 0 atom stereocenters. The van der Waals surface area contributed by atoms with Crippen molar-refractivity contribution in [3.05, 3.63) is 181 Å². The number of fused-ring (bicyclic) bond motifs is 6. The van der Waals surface area contributed by atoms with Gasteiger partial charge in [0.25, 0.3) is 0 Å².